The summed E-state index contributed by atoms with van der Waals surface area (Å²) < 4.78 is 0. The molecule has 6 heteroatoms. The van der Waals surface area contributed by atoms with Crippen molar-refractivity contribution in [3.63, 3.8) is 0 Å². The van der Waals surface area contributed by atoms with Crippen LogP contribution in [-0.2, 0) is 13.0 Å². The molecule has 1 amide bonds. The lowest BCUT2D eigenvalue weighted by Crippen LogP contribution is -2.31. The fourth-order valence-electron chi connectivity index (χ4n) is 3.11. The number of rotatable bonds is 6. The van der Waals surface area contributed by atoms with Crippen molar-refractivity contribution < 1.29 is 14.7 Å². The van der Waals surface area contributed by atoms with Crippen LogP contribution < -0.4 is 4.90 Å². The summed E-state index contributed by atoms with van der Waals surface area (Å²) in [6, 6.07) is 19.0. The minimum absolute atomic E-state index is 0.174. The van der Waals surface area contributed by atoms with Gasteiger partial charge in [-0.15, -0.1) is 0 Å². The Morgan fingerprint density at radius 3 is 2.34 bits per heavy atom. The number of hydrogen-bond donors (Lipinski definition) is 1. The minimum Gasteiger partial charge on any atom is -0.478 e. The number of halogens is 2. The summed E-state index contributed by atoms with van der Waals surface area (Å²) in [6.45, 7) is 2.24. The smallest absolute Gasteiger partial charge is 0.335 e. The van der Waals surface area contributed by atoms with Crippen molar-refractivity contribution in [3.8, 4) is 0 Å². The van der Waals surface area contributed by atoms with E-state index in [1.54, 1.807) is 41.3 Å². The maximum atomic E-state index is 13.4. The first-order valence-electron chi connectivity index (χ1n) is 9.07. The molecule has 0 unspecified atom stereocenters. The largest absolute Gasteiger partial charge is 0.478 e. The van der Waals surface area contributed by atoms with Gasteiger partial charge in [0.15, 0.2) is 0 Å². The minimum atomic E-state index is -1.01. The molecule has 0 saturated heterocycles. The van der Waals surface area contributed by atoms with Crippen molar-refractivity contribution >= 4 is 40.8 Å². The molecule has 0 saturated carbocycles. The standard InChI is InChI=1S/C23H19Cl2NO3/c1-2-16-7-3-4-9-21(16)26(14-15-6-5-8-18(12-15)23(28)29)22(27)17-10-11-19(24)20(25)13-17/h3-13H,2,14H2,1H3,(H,28,29). The third kappa shape index (κ3) is 4.78. The lowest BCUT2D eigenvalue weighted by atomic mass is 10.1. The summed E-state index contributed by atoms with van der Waals surface area (Å²) in [5.41, 5.74) is 3.07. The number of hydrogen-bond acceptors (Lipinski definition) is 2. The SMILES string of the molecule is CCc1ccccc1N(Cc1cccc(C(=O)O)c1)C(=O)c1ccc(Cl)c(Cl)c1. The number of anilines is 1. The zero-order chi connectivity index (χ0) is 21.0. The third-order valence-corrected chi connectivity index (χ3v) is 5.33. The van der Waals surface area contributed by atoms with E-state index < -0.39 is 5.97 Å². The van der Waals surface area contributed by atoms with Crippen LogP contribution in [0.4, 0.5) is 5.69 Å². The molecule has 1 N–H and O–H groups in total. The molecule has 0 aliphatic carbocycles. The Bertz CT molecular complexity index is 1070. The van der Waals surface area contributed by atoms with Crippen LogP contribution in [0.1, 0.15) is 38.8 Å². The summed E-state index contributed by atoms with van der Waals surface area (Å²) in [6.07, 6.45) is 0.747. The molecule has 0 spiro atoms. The normalized spacial score (nSPS) is 10.6. The van der Waals surface area contributed by atoms with E-state index in [2.05, 4.69) is 0 Å². The van der Waals surface area contributed by atoms with Crippen LogP contribution in [0, 0.1) is 0 Å². The summed E-state index contributed by atoms with van der Waals surface area (Å²) in [7, 11) is 0. The van der Waals surface area contributed by atoms with E-state index in [4.69, 9.17) is 23.2 Å². The van der Waals surface area contributed by atoms with Crippen molar-refractivity contribution in [2.45, 2.75) is 19.9 Å². The van der Waals surface area contributed by atoms with Crippen LogP contribution in [0.15, 0.2) is 66.7 Å². The fraction of sp³-hybridized carbons (Fsp3) is 0.130. The van der Waals surface area contributed by atoms with E-state index in [1.165, 1.54) is 6.07 Å². The third-order valence-electron chi connectivity index (χ3n) is 4.59. The number of aromatic carboxylic acids is 1. The van der Waals surface area contributed by atoms with Crippen LogP contribution >= 0.6 is 23.2 Å². The molecule has 29 heavy (non-hydrogen) atoms. The molecule has 0 heterocycles. The lowest BCUT2D eigenvalue weighted by Gasteiger charge is -2.26. The van der Waals surface area contributed by atoms with Gasteiger partial charge in [-0.05, 0) is 53.9 Å². The van der Waals surface area contributed by atoms with Crippen LogP contribution in [-0.4, -0.2) is 17.0 Å². The van der Waals surface area contributed by atoms with Gasteiger partial charge in [0.05, 0.1) is 22.2 Å². The van der Waals surface area contributed by atoms with Crippen LogP contribution in [0.25, 0.3) is 0 Å². The first-order chi connectivity index (χ1) is 13.9. The second-order valence-electron chi connectivity index (χ2n) is 6.51. The highest BCUT2D eigenvalue weighted by Crippen LogP contribution is 2.28. The van der Waals surface area contributed by atoms with Crippen LogP contribution in [0.3, 0.4) is 0 Å². The lowest BCUT2D eigenvalue weighted by molar-refractivity contribution is 0.0696. The second-order valence-corrected chi connectivity index (χ2v) is 7.32. The highest BCUT2D eigenvalue weighted by Gasteiger charge is 2.21. The number of benzene rings is 3. The highest BCUT2D eigenvalue weighted by molar-refractivity contribution is 6.42. The van der Waals surface area contributed by atoms with E-state index in [-0.39, 0.29) is 18.0 Å². The Morgan fingerprint density at radius 1 is 0.897 bits per heavy atom. The number of carboxylic acids is 1. The van der Waals surface area contributed by atoms with Crippen molar-refractivity contribution in [1.82, 2.24) is 0 Å². The topological polar surface area (TPSA) is 57.6 Å². The molecular formula is C23H19Cl2NO3. The van der Waals surface area contributed by atoms with Gasteiger partial charge in [0.25, 0.3) is 5.91 Å². The monoisotopic (exact) mass is 427 g/mol. The molecule has 3 aromatic carbocycles. The van der Waals surface area contributed by atoms with Crippen molar-refractivity contribution in [2.75, 3.05) is 4.90 Å². The van der Waals surface area contributed by atoms with Gasteiger partial charge in [-0.1, -0.05) is 60.5 Å². The Balaban J connectivity index is 2.06. The maximum Gasteiger partial charge on any atom is 0.335 e. The molecule has 3 rings (SSSR count). The average molecular weight is 428 g/mol. The number of carbonyl (C=O) groups is 2. The van der Waals surface area contributed by atoms with Gasteiger partial charge in [-0.25, -0.2) is 4.79 Å². The quantitative estimate of drug-likeness (QED) is 0.516. The van der Waals surface area contributed by atoms with Crippen LogP contribution in [0.2, 0.25) is 10.0 Å². The number of para-hydroxylation sites is 1. The predicted octanol–water partition coefficient (Wildman–Crippen LogP) is 6.10. The molecule has 0 bridgehead atoms. The number of carbonyl (C=O) groups excluding carboxylic acids is 1. The van der Waals surface area contributed by atoms with E-state index in [0.29, 0.717) is 21.2 Å². The van der Waals surface area contributed by atoms with Gasteiger partial charge in [0, 0.05) is 11.3 Å². The Hall–Kier alpha value is -2.82. The molecule has 0 aliphatic heterocycles. The van der Waals surface area contributed by atoms with Gasteiger partial charge in [0.2, 0.25) is 0 Å². The van der Waals surface area contributed by atoms with Gasteiger partial charge < -0.3 is 10.0 Å². The van der Waals surface area contributed by atoms with Gasteiger partial charge in [0.1, 0.15) is 0 Å². The Morgan fingerprint density at radius 2 is 1.66 bits per heavy atom. The maximum absolute atomic E-state index is 13.4. The highest BCUT2D eigenvalue weighted by atomic mass is 35.5. The average Bonchev–Trinajstić information content (AvgIpc) is 2.73. The second kappa shape index (κ2) is 9.12. The molecule has 0 atom stereocenters. The Labute approximate surface area is 179 Å². The van der Waals surface area contributed by atoms with Crippen LogP contribution in [0.5, 0.6) is 0 Å². The van der Waals surface area contributed by atoms with Gasteiger partial charge in [-0.2, -0.15) is 0 Å². The number of aryl methyl sites for hydroxylation is 1. The molecular weight excluding hydrogens is 409 g/mol. The van der Waals surface area contributed by atoms with E-state index in [1.807, 2.05) is 31.2 Å². The van der Waals surface area contributed by atoms with E-state index in [9.17, 15) is 14.7 Å². The summed E-state index contributed by atoms with van der Waals surface area (Å²) in [4.78, 5) is 26.4. The van der Waals surface area contributed by atoms with E-state index >= 15 is 0 Å². The van der Waals surface area contributed by atoms with Crippen molar-refractivity contribution in [2.24, 2.45) is 0 Å². The predicted molar refractivity (Wildman–Crippen MR) is 116 cm³/mol. The van der Waals surface area contributed by atoms with Gasteiger partial charge >= 0.3 is 5.97 Å². The van der Waals surface area contributed by atoms with E-state index in [0.717, 1.165) is 17.7 Å². The summed E-state index contributed by atoms with van der Waals surface area (Å²) in [5.74, 6) is -1.26. The first kappa shape index (κ1) is 20.9. The van der Waals surface area contributed by atoms with Gasteiger partial charge in [-0.3, -0.25) is 4.79 Å². The van der Waals surface area contributed by atoms with Crippen molar-refractivity contribution in [1.29, 1.82) is 0 Å². The molecule has 3 aromatic rings. The zero-order valence-electron chi connectivity index (χ0n) is 15.7. The molecule has 0 fully saturated rings. The first-order valence-corrected chi connectivity index (χ1v) is 9.83. The molecule has 0 radical (unpaired) electrons. The number of nitrogens with zero attached hydrogens (tertiary/aromatic N) is 1. The molecule has 148 valence electrons. The molecule has 0 aromatic heterocycles. The summed E-state index contributed by atoms with van der Waals surface area (Å²) >= 11 is 12.1. The molecule has 4 nitrogen and oxygen atoms in total. The molecule has 0 aliphatic rings. The zero-order valence-corrected chi connectivity index (χ0v) is 17.2. The Kier molecular flexibility index (Phi) is 6.57. The fourth-order valence-corrected chi connectivity index (χ4v) is 3.41. The number of carboxylic acid groups (broad SMARTS) is 1. The van der Waals surface area contributed by atoms with Crippen molar-refractivity contribution in [3.05, 3.63) is 99.0 Å². The number of amides is 1. The summed E-state index contributed by atoms with van der Waals surface area (Å²) in [5, 5.41) is 9.95.